The third kappa shape index (κ3) is 0.950. The zero-order valence-electron chi connectivity index (χ0n) is 10.0. The highest BCUT2D eigenvalue weighted by molar-refractivity contribution is 5.61. The van der Waals surface area contributed by atoms with Gasteiger partial charge in [0.05, 0.1) is 0 Å². The van der Waals surface area contributed by atoms with Crippen molar-refractivity contribution < 1.29 is 10.2 Å². The second kappa shape index (κ2) is 2.69. The molecule has 2 N–H and O–H groups in total. The Hall–Kier alpha value is -0.860. The molecule has 0 aromatic heterocycles. The first kappa shape index (κ1) is 10.3. The summed E-state index contributed by atoms with van der Waals surface area (Å²) in [5.41, 5.74) is 3.31. The SMILES string of the molecule is CC1=CC2=C(C)C3(CC3)[C@@](C)(O)C(O)C2=C1. The van der Waals surface area contributed by atoms with Gasteiger partial charge >= 0.3 is 0 Å². The monoisotopic (exact) mass is 218 g/mol. The molecule has 1 spiro atoms. The Kier molecular flexibility index (Phi) is 1.73. The number of aliphatic hydroxyl groups is 2. The molecule has 2 atom stereocenters. The minimum Gasteiger partial charge on any atom is -0.386 e. The molecule has 0 amide bonds. The van der Waals surface area contributed by atoms with Crippen LogP contribution in [0.3, 0.4) is 0 Å². The van der Waals surface area contributed by atoms with Crippen molar-refractivity contribution >= 4 is 0 Å². The summed E-state index contributed by atoms with van der Waals surface area (Å²) in [5.74, 6) is 0. The van der Waals surface area contributed by atoms with Gasteiger partial charge in [0, 0.05) is 5.41 Å². The van der Waals surface area contributed by atoms with Crippen LogP contribution < -0.4 is 0 Å². The number of hydrogen-bond acceptors (Lipinski definition) is 2. The molecule has 2 nitrogen and oxygen atoms in total. The van der Waals surface area contributed by atoms with E-state index in [0.29, 0.717) is 0 Å². The van der Waals surface area contributed by atoms with Crippen molar-refractivity contribution in [3.8, 4) is 0 Å². The Bertz CT molecular complexity index is 459. The number of aliphatic hydroxyl groups excluding tert-OH is 1. The first-order valence-corrected chi connectivity index (χ1v) is 5.92. The zero-order valence-corrected chi connectivity index (χ0v) is 10.0. The van der Waals surface area contributed by atoms with E-state index in [0.717, 1.165) is 29.6 Å². The van der Waals surface area contributed by atoms with Gasteiger partial charge in [-0.1, -0.05) is 23.3 Å². The average Bonchev–Trinajstić information content (AvgIpc) is 2.94. The van der Waals surface area contributed by atoms with E-state index in [2.05, 4.69) is 13.0 Å². The summed E-state index contributed by atoms with van der Waals surface area (Å²) in [5, 5.41) is 20.9. The van der Waals surface area contributed by atoms with Crippen LogP contribution in [0, 0.1) is 5.41 Å². The highest BCUT2D eigenvalue weighted by atomic mass is 16.3. The first-order valence-electron chi connectivity index (χ1n) is 5.92. The molecule has 3 rings (SSSR count). The van der Waals surface area contributed by atoms with E-state index >= 15 is 0 Å². The summed E-state index contributed by atoms with van der Waals surface area (Å²) >= 11 is 0. The van der Waals surface area contributed by atoms with Crippen molar-refractivity contribution in [2.24, 2.45) is 5.41 Å². The van der Waals surface area contributed by atoms with Crippen LogP contribution in [0.2, 0.25) is 0 Å². The van der Waals surface area contributed by atoms with E-state index in [-0.39, 0.29) is 5.41 Å². The molecule has 0 aromatic rings. The Morgan fingerprint density at radius 1 is 1.25 bits per heavy atom. The molecule has 1 fully saturated rings. The molecule has 0 heterocycles. The lowest BCUT2D eigenvalue weighted by molar-refractivity contribution is -0.0886. The van der Waals surface area contributed by atoms with Gasteiger partial charge in [0.25, 0.3) is 0 Å². The first-order chi connectivity index (χ1) is 7.40. The lowest BCUT2D eigenvalue weighted by Gasteiger charge is -2.44. The van der Waals surface area contributed by atoms with Crippen LogP contribution in [-0.4, -0.2) is 21.9 Å². The fourth-order valence-electron chi connectivity index (χ4n) is 3.43. The third-order valence-electron chi connectivity index (χ3n) is 4.73. The van der Waals surface area contributed by atoms with Crippen molar-refractivity contribution in [2.75, 3.05) is 0 Å². The maximum Gasteiger partial charge on any atom is 0.109 e. The lowest BCUT2D eigenvalue weighted by atomic mass is 9.67. The molecule has 16 heavy (non-hydrogen) atoms. The van der Waals surface area contributed by atoms with Gasteiger partial charge in [-0.15, -0.1) is 0 Å². The largest absolute Gasteiger partial charge is 0.386 e. The second-order valence-electron chi connectivity index (χ2n) is 5.66. The van der Waals surface area contributed by atoms with Crippen molar-refractivity contribution in [1.82, 2.24) is 0 Å². The van der Waals surface area contributed by atoms with Gasteiger partial charge in [-0.05, 0) is 44.8 Å². The van der Waals surface area contributed by atoms with E-state index in [9.17, 15) is 10.2 Å². The molecule has 3 aliphatic carbocycles. The van der Waals surface area contributed by atoms with Gasteiger partial charge in [-0.25, -0.2) is 0 Å². The normalized spacial score (nSPS) is 39.7. The molecule has 1 unspecified atom stereocenters. The van der Waals surface area contributed by atoms with Crippen LogP contribution in [0.1, 0.15) is 33.6 Å². The maximum absolute atomic E-state index is 10.6. The molecule has 2 heteroatoms. The van der Waals surface area contributed by atoms with E-state index in [4.69, 9.17) is 0 Å². The van der Waals surface area contributed by atoms with E-state index in [1.807, 2.05) is 13.0 Å². The molecule has 1 saturated carbocycles. The molecule has 0 aromatic carbocycles. The Labute approximate surface area is 96.0 Å². The van der Waals surface area contributed by atoms with Gasteiger partial charge in [-0.2, -0.15) is 0 Å². The van der Waals surface area contributed by atoms with Crippen LogP contribution in [0.4, 0.5) is 0 Å². The highest BCUT2D eigenvalue weighted by Crippen LogP contribution is 2.65. The molecular weight excluding hydrogens is 200 g/mol. The summed E-state index contributed by atoms with van der Waals surface area (Å²) in [7, 11) is 0. The highest BCUT2D eigenvalue weighted by Gasteiger charge is 2.64. The summed E-state index contributed by atoms with van der Waals surface area (Å²) in [6.07, 6.45) is 5.36. The quantitative estimate of drug-likeness (QED) is 0.653. The Morgan fingerprint density at radius 3 is 2.44 bits per heavy atom. The molecule has 3 aliphatic rings. The summed E-state index contributed by atoms with van der Waals surface area (Å²) in [6.45, 7) is 5.91. The van der Waals surface area contributed by atoms with Crippen molar-refractivity contribution in [3.05, 3.63) is 34.4 Å². The molecule has 0 aliphatic heterocycles. The predicted octanol–water partition coefficient (Wildman–Crippen LogP) is 2.09. The third-order valence-corrected chi connectivity index (χ3v) is 4.73. The predicted molar refractivity (Wildman–Crippen MR) is 62.8 cm³/mol. The standard InChI is InChI=1S/C14H18O2/c1-8-6-10-9(2)14(4-5-14)13(3,16)12(15)11(10)7-8/h6-7,12,15-16H,4-5H2,1-3H3/t12?,13-/m0/s1. The van der Waals surface area contributed by atoms with Gasteiger partial charge in [0.15, 0.2) is 0 Å². The van der Waals surface area contributed by atoms with Crippen molar-refractivity contribution in [1.29, 1.82) is 0 Å². The molecule has 0 bridgehead atoms. The summed E-state index contributed by atoms with van der Waals surface area (Å²) in [6, 6.07) is 0. The molecule has 0 saturated heterocycles. The average molecular weight is 218 g/mol. The van der Waals surface area contributed by atoms with Crippen molar-refractivity contribution in [2.45, 2.75) is 45.3 Å². The van der Waals surface area contributed by atoms with E-state index in [1.54, 1.807) is 6.92 Å². The second-order valence-corrected chi connectivity index (χ2v) is 5.66. The van der Waals surface area contributed by atoms with Crippen LogP contribution in [0.25, 0.3) is 0 Å². The smallest absolute Gasteiger partial charge is 0.109 e. The van der Waals surface area contributed by atoms with E-state index < -0.39 is 11.7 Å². The van der Waals surface area contributed by atoms with Crippen LogP contribution in [0.15, 0.2) is 34.4 Å². The van der Waals surface area contributed by atoms with Gasteiger partial charge in [0.1, 0.15) is 11.7 Å². The zero-order chi connectivity index (χ0) is 11.7. The number of rotatable bonds is 0. The van der Waals surface area contributed by atoms with Crippen LogP contribution >= 0.6 is 0 Å². The van der Waals surface area contributed by atoms with Crippen LogP contribution in [0.5, 0.6) is 0 Å². The molecule has 86 valence electrons. The van der Waals surface area contributed by atoms with Gasteiger partial charge in [-0.3, -0.25) is 0 Å². The van der Waals surface area contributed by atoms with Crippen LogP contribution in [-0.2, 0) is 0 Å². The van der Waals surface area contributed by atoms with Crippen molar-refractivity contribution in [3.63, 3.8) is 0 Å². The topological polar surface area (TPSA) is 40.5 Å². The summed E-state index contributed by atoms with van der Waals surface area (Å²) < 4.78 is 0. The fraction of sp³-hybridized carbons (Fsp3) is 0.571. The minimum absolute atomic E-state index is 0.166. The maximum atomic E-state index is 10.6. The van der Waals surface area contributed by atoms with Gasteiger partial charge < -0.3 is 10.2 Å². The molecular formula is C14H18O2. The number of allylic oxidation sites excluding steroid dienone is 3. The summed E-state index contributed by atoms with van der Waals surface area (Å²) in [4.78, 5) is 0. The number of fused-ring (bicyclic) bond motifs is 1. The minimum atomic E-state index is -1.01. The Morgan fingerprint density at radius 2 is 1.88 bits per heavy atom. The van der Waals surface area contributed by atoms with E-state index in [1.165, 1.54) is 5.57 Å². The Balaban J connectivity index is 2.24. The molecule has 0 radical (unpaired) electrons. The fourth-order valence-corrected chi connectivity index (χ4v) is 3.43. The lowest BCUT2D eigenvalue weighted by Crippen LogP contribution is -2.52. The van der Waals surface area contributed by atoms with Gasteiger partial charge in [0.2, 0.25) is 0 Å². The number of hydrogen-bond donors (Lipinski definition) is 2.